The summed E-state index contributed by atoms with van der Waals surface area (Å²) in [5.41, 5.74) is 2.38. The van der Waals surface area contributed by atoms with Crippen LogP contribution in [0.1, 0.15) is 27.6 Å². The Morgan fingerprint density at radius 2 is 1.97 bits per heavy atom. The Balaban J connectivity index is 1.26. The van der Waals surface area contributed by atoms with Gasteiger partial charge in [-0.25, -0.2) is 4.79 Å². The summed E-state index contributed by atoms with van der Waals surface area (Å²) in [6, 6.07) is 10.4. The zero-order valence-corrected chi connectivity index (χ0v) is 18.8. The summed E-state index contributed by atoms with van der Waals surface area (Å²) in [5.74, 6) is 0.997. The second-order valence-corrected chi connectivity index (χ2v) is 7.88. The summed E-state index contributed by atoms with van der Waals surface area (Å²) in [4.78, 5) is 30.3. The minimum Gasteiger partial charge on any atom is -0.454 e. The van der Waals surface area contributed by atoms with Crippen molar-refractivity contribution in [3.05, 3.63) is 64.3 Å². The van der Waals surface area contributed by atoms with Gasteiger partial charge in [0.1, 0.15) is 0 Å². The third kappa shape index (κ3) is 5.53. The summed E-state index contributed by atoms with van der Waals surface area (Å²) in [6.45, 7) is 2.65. The SMILES string of the molecule is Cc1ccc(Cl)cc1NC(=O)N(C)CCc1noc(C(=O)NCc2ccc3c(c2)OCO3)n1. The molecule has 1 aromatic heterocycles. The number of nitrogens with zero attached hydrogens (tertiary/aromatic N) is 3. The highest BCUT2D eigenvalue weighted by molar-refractivity contribution is 6.31. The van der Waals surface area contributed by atoms with Gasteiger partial charge in [-0.2, -0.15) is 4.98 Å². The molecule has 2 heterocycles. The molecule has 0 radical (unpaired) electrons. The normalized spacial score (nSPS) is 11.8. The van der Waals surface area contributed by atoms with E-state index >= 15 is 0 Å². The van der Waals surface area contributed by atoms with Gasteiger partial charge < -0.3 is 29.5 Å². The number of ether oxygens (including phenoxy) is 2. The zero-order valence-electron chi connectivity index (χ0n) is 18.1. The zero-order chi connectivity index (χ0) is 23.4. The van der Waals surface area contributed by atoms with Crippen LogP contribution >= 0.6 is 11.6 Å². The van der Waals surface area contributed by atoms with Crippen LogP contribution in [0.5, 0.6) is 11.5 Å². The van der Waals surface area contributed by atoms with Crippen molar-refractivity contribution in [1.82, 2.24) is 20.4 Å². The maximum atomic E-state index is 12.4. The predicted molar refractivity (Wildman–Crippen MR) is 120 cm³/mol. The number of nitrogens with one attached hydrogen (secondary N) is 2. The number of carbonyl (C=O) groups excluding carboxylic acids is 2. The highest BCUT2D eigenvalue weighted by atomic mass is 35.5. The summed E-state index contributed by atoms with van der Waals surface area (Å²) in [6.07, 6.45) is 0.317. The molecule has 0 spiro atoms. The van der Waals surface area contributed by atoms with Gasteiger partial charge in [-0.15, -0.1) is 0 Å². The van der Waals surface area contributed by atoms with Gasteiger partial charge in [-0.3, -0.25) is 4.79 Å². The van der Waals surface area contributed by atoms with Gasteiger partial charge in [0, 0.05) is 37.3 Å². The van der Waals surface area contributed by atoms with E-state index in [1.807, 2.05) is 19.1 Å². The molecular formula is C22H22ClN5O5. The Labute approximate surface area is 194 Å². The van der Waals surface area contributed by atoms with E-state index in [0.717, 1.165) is 11.1 Å². The van der Waals surface area contributed by atoms with Crippen molar-refractivity contribution in [3.63, 3.8) is 0 Å². The van der Waals surface area contributed by atoms with Crippen LogP contribution in [-0.4, -0.2) is 47.4 Å². The van der Waals surface area contributed by atoms with E-state index in [9.17, 15) is 9.59 Å². The lowest BCUT2D eigenvalue weighted by Crippen LogP contribution is -2.33. The molecule has 0 atom stereocenters. The molecule has 10 nitrogen and oxygen atoms in total. The quantitative estimate of drug-likeness (QED) is 0.542. The second kappa shape index (κ2) is 9.78. The molecule has 2 N–H and O–H groups in total. The van der Waals surface area contributed by atoms with Crippen molar-refractivity contribution in [1.29, 1.82) is 0 Å². The number of likely N-dealkylation sites (N-methyl/N-ethyl adjacent to an activating group) is 1. The third-order valence-electron chi connectivity index (χ3n) is 5.01. The number of halogens is 1. The Hall–Kier alpha value is -3.79. The molecule has 172 valence electrons. The van der Waals surface area contributed by atoms with Crippen LogP contribution in [0.25, 0.3) is 0 Å². The average molecular weight is 472 g/mol. The van der Waals surface area contributed by atoms with E-state index in [0.29, 0.717) is 41.0 Å². The van der Waals surface area contributed by atoms with Crippen LogP contribution < -0.4 is 20.1 Å². The number of rotatable bonds is 7. The molecule has 0 saturated heterocycles. The standard InChI is InChI=1S/C22H22ClN5O5/c1-13-3-5-15(23)10-16(13)25-22(30)28(2)8-7-19-26-21(33-27-19)20(29)24-11-14-4-6-17-18(9-14)32-12-31-17/h3-6,9-10H,7-8,11-12H2,1-2H3,(H,24,29)(H,25,30). The highest BCUT2D eigenvalue weighted by Gasteiger charge is 2.18. The molecule has 2 aromatic carbocycles. The first-order valence-electron chi connectivity index (χ1n) is 10.2. The second-order valence-electron chi connectivity index (χ2n) is 7.45. The summed E-state index contributed by atoms with van der Waals surface area (Å²) in [5, 5.41) is 9.90. The maximum Gasteiger partial charge on any atom is 0.321 e. The molecule has 0 unspecified atom stereocenters. The molecule has 3 amide bonds. The number of anilines is 1. The van der Waals surface area contributed by atoms with E-state index in [1.54, 1.807) is 31.3 Å². The maximum absolute atomic E-state index is 12.4. The van der Waals surface area contributed by atoms with Crippen molar-refractivity contribution in [2.45, 2.75) is 19.9 Å². The molecule has 0 fully saturated rings. The van der Waals surface area contributed by atoms with Gasteiger partial charge >= 0.3 is 17.8 Å². The van der Waals surface area contributed by atoms with Gasteiger partial charge in [0.2, 0.25) is 6.79 Å². The molecule has 3 aromatic rings. The largest absolute Gasteiger partial charge is 0.454 e. The number of aromatic nitrogens is 2. The van der Waals surface area contributed by atoms with Crippen molar-refractivity contribution in [2.24, 2.45) is 0 Å². The van der Waals surface area contributed by atoms with Gasteiger partial charge in [0.15, 0.2) is 17.3 Å². The Bertz CT molecular complexity index is 1180. The third-order valence-corrected chi connectivity index (χ3v) is 5.25. The van der Waals surface area contributed by atoms with E-state index < -0.39 is 5.91 Å². The number of aryl methyl sites for hydroxylation is 1. The molecule has 0 saturated carbocycles. The van der Waals surface area contributed by atoms with Crippen molar-refractivity contribution >= 4 is 29.2 Å². The topological polar surface area (TPSA) is 119 Å². The molecule has 33 heavy (non-hydrogen) atoms. The number of carbonyl (C=O) groups is 2. The number of hydrogen-bond acceptors (Lipinski definition) is 7. The van der Waals surface area contributed by atoms with Gasteiger partial charge in [-0.05, 0) is 42.3 Å². The first-order valence-corrected chi connectivity index (χ1v) is 10.5. The summed E-state index contributed by atoms with van der Waals surface area (Å²) < 4.78 is 15.7. The van der Waals surface area contributed by atoms with Gasteiger partial charge in [-0.1, -0.05) is 28.9 Å². The van der Waals surface area contributed by atoms with Crippen LogP contribution in [-0.2, 0) is 13.0 Å². The number of fused-ring (bicyclic) bond motifs is 1. The van der Waals surface area contributed by atoms with Crippen LogP contribution in [0.2, 0.25) is 5.02 Å². The number of amides is 3. The molecule has 4 rings (SSSR count). The number of urea groups is 1. The first-order chi connectivity index (χ1) is 15.9. The molecular weight excluding hydrogens is 450 g/mol. The predicted octanol–water partition coefficient (Wildman–Crippen LogP) is 3.40. The van der Waals surface area contributed by atoms with Crippen LogP contribution in [0, 0.1) is 6.92 Å². The fourth-order valence-corrected chi connectivity index (χ4v) is 3.24. The molecule has 0 aliphatic carbocycles. The Morgan fingerprint density at radius 1 is 1.15 bits per heavy atom. The van der Waals surface area contributed by atoms with E-state index in [4.69, 9.17) is 25.6 Å². The molecule has 1 aliphatic rings. The number of hydrogen-bond donors (Lipinski definition) is 2. The minimum absolute atomic E-state index is 0.146. The minimum atomic E-state index is -0.492. The van der Waals surface area contributed by atoms with Crippen LogP contribution in [0.4, 0.5) is 10.5 Å². The lowest BCUT2D eigenvalue weighted by atomic mass is 10.2. The first kappa shape index (κ1) is 22.4. The van der Waals surface area contributed by atoms with Crippen LogP contribution in [0.3, 0.4) is 0 Å². The molecule has 11 heteroatoms. The monoisotopic (exact) mass is 471 g/mol. The molecule has 0 bridgehead atoms. The van der Waals surface area contributed by atoms with Crippen molar-refractivity contribution in [2.75, 3.05) is 25.7 Å². The highest BCUT2D eigenvalue weighted by Crippen LogP contribution is 2.32. The van der Waals surface area contributed by atoms with Gasteiger partial charge in [0.25, 0.3) is 0 Å². The lowest BCUT2D eigenvalue weighted by Gasteiger charge is -2.18. The van der Waals surface area contributed by atoms with E-state index in [-0.39, 0.29) is 25.3 Å². The summed E-state index contributed by atoms with van der Waals surface area (Å²) in [7, 11) is 1.65. The Kier molecular flexibility index (Phi) is 6.64. The molecule has 1 aliphatic heterocycles. The van der Waals surface area contributed by atoms with E-state index in [1.165, 1.54) is 4.90 Å². The Morgan fingerprint density at radius 3 is 2.82 bits per heavy atom. The smallest absolute Gasteiger partial charge is 0.321 e. The fraction of sp³-hybridized carbons (Fsp3) is 0.273. The van der Waals surface area contributed by atoms with Crippen LogP contribution in [0.15, 0.2) is 40.9 Å². The van der Waals surface area contributed by atoms with Gasteiger partial charge in [0.05, 0.1) is 0 Å². The fourth-order valence-electron chi connectivity index (χ4n) is 3.07. The average Bonchev–Trinajstić information content (AvgIpc) is 3.47. The summed E-state index contributed by atoms with van der Waals surface area (Å²) >= 11 is 5.99. The number of benzene rings is 2. The lowest BCUT2D eigenvalue weighted by molar-refractivity contribution is 0.0907. The van der Waals surface area contributed by atoms with Crippen molar-refractivity contribution < 1.29 is 23.6 Å². The van der Waals surface area contributed by atoms with E-state index in [2.05, 4.69) is 20.8 Å². The van der Waals surface area contributed by atoms with Crippen molar-refractivity contribution in [3.8, 4) is 11.5 Å².